The Morgan fingerprint density at radius 2 is 1.12 bits per heavy atom. The Bertz CT molecular complexity index is 106. The Morgan fingerprint density at radius 3 is 1.12 bits per heavy atom. The van der Waals surface area contributed by atoms with Gasteiger partial charge in [-0.3, -0.25) is 0 Å². The van der Waals surface area contributed by atoms with E-state index in [1.165, 1.54) is 0 Å². The van der Waals surface area contributed by atoms with E-state index in [-0.39, 0.29) is 0 Å². The van der Waals surface area contributed by atoms with Crippen LogP contribution in [0.4, 0.5) is 0 Å². The molecule has 2 nitrogen and oxygen atoms in total. The topological polar surface area (TPSA) is 34.1 Å². The normalized spacial score (nSPS) is 9.50. The van der Waals surface area contributed by atoms with Crippen molar-refractivity contribution >= 4 is 21.6 Å². The van der Waals surface area contributed by atoms with Crippen LogP contribution in [0.5, 0.6) is 0 Å². The second kappa shape index (κ2) is 5.44. The molecule has 52 valence electrons. The highest BCUT2D eigenvalue weighted by molar-refractivity contribution is 7.97. The summed E-state index contributed by atoms with van der Waals surface area (Å²) in [7, 11) is -2.67. The van der Waals surface area contributed by atoms with Crippen LogP contribution in [0.1, 0.15) is 0 Å². The molecule has 0 aromatic carbocycles. The Morgan fingerprint density at radius 1 is 1.12 bits per heavy atom. The standard InChI is InChI=1S/C2H6O2S.C2H6S/c1-5(2,3)4;1-3-2/h1-2H3;1-2H3. The lowest BCUT2D eigenvalue weighted by Gasteiger charge is -1.69. The molecule has 0 spiro atoms. The van der Waals surface area contributed by atoms with Gasteiger partial charge in [-0.2, -0.15) is 11.8 Å². The molecule has 8 heavy (non-hydrogen) atoms. The van der Waals surface area contributed by atoms with E-state index in [1.807, 2.05) is 12.5 Å². The van der Waals surface area contributed by atoms with Gasteiger partial charge >= 0.3 is 0 Å². The van der Waals surface area contributed by atoms with E-state index in [9.17, 15) is 8.42 Å². The lowest BCUT2D eigenvalue weighted by molar-refractivity contribution is 0.607. The molecule has 0 saturated carbocycles. The van der Waals surface area contributed by atoms with E-state index in [2.05, 4.69) is 0 Å². The highest BCUT2D eigenvalue weighted by atomic mass is 32.2. The predicted octanol–water partition coefficient (Wildman–Crippen LogP) is 0.640. The van der Waals surface area contributed by atoms with E-state index in [4.69, 9.17) is 0 Å². The van der Waals surface area contributed by atoms with Crippen molar-refractivity contribution in [3.63, 3.8) is 0 Å². The summed E-state index contributed by atoms with van der Waals surface area (Å²) in [5, 5.41) is 0. The molecule has 0 radical (unpaired) electrons. The lowest BCUT2D eigenvalue weighted by atomic mass is 11.9. The molecule has 0 rings (SSSR count). The third-order valence-electron chi connectivity index (χ3n) is 0. The van der Waals surface area contributed by atoms with Gasteiger partial charge in [-0.25, -0.2) is 8.42 Å². The van der Waals surface area contributed by atoms with Crippen LogP contribution in [0.15, 0.2) is 0 Å². The van der Waals surface area contributed by atoms with E-state index in [1.54, 1.807) is 11.8 Å². The fraction of sp³-hybridized carbons (Fsp3) is 1.00. The van der Waals surface area contributed by atoms with Gasteiger partial charge in [0.15, 0.2) is 0 Å². The van der Waals surface area contributed by atoms with Crippen molar-refractivity contribution in [1.29, 1.82) is 0 Å². The smallest absolute Gasteiger partial charge is 0.144 e. The first-order valence-electron chi connectivity index (χ1n) is 1.97. The van der Waals surface area contributed by atoms with E-state index in [0.717, 1.165) is 12.5 Å². The molecule has 0 aromatic heterocycles. The van der Waals surface area contributed by atoms with Gasteiger partial charge in [-0.05, 0) is 12.5 Å². The summed E-state index contributed by atoms with van der Waals surface area (Å²) < 4.78 is 19.3. The molecular formula is C4H12O2S2. The zero-order chi connectivity index (χ0) is 7.21. The second-order valence-electron chi connectivity index (χ2n) is 1.55. The molecule has 4 heteroatoms. The van der Waals surface area contributed by atoms with Gasteiger partial charge in [0.1, 0.15) is 9.84 Å². The summed E-state index contributed by atoms with van der Waals surface area (Å²) in [6, 6.07) is 0. The summed E-state index contributed by atoms with van der Waals surface area (Å²) in [6.07, 6.45) is 6.40. The molecule has 0 saturated heterocycles. The average Bonchev–Trinajstić information content (AvgIpc) is 1.27. The number of sulfone groups is 1. The average molecular weight is 156 g/mol. The van der Waals surface area contributed by atoms with Crippen molar-refractivity contribution in [3.05, 3.63) is 0 Å². The Hall–Kier alpha value is 0.300. The van der Waals surface area contributed by atoms with Crippen LogP contribution in [0.25, 0.3) is 0 Å². The molecule has 0 aliphatic carbocycles. The van der Waals surface area contributed by atoms with Crippen molar-refractivity contribution in [1.82, 2.24) is 0 Å². The van der Waals surface area contributed by atoms with Crippen molar-refractivity contribution in [2.45, 2.75) is 0 Å². The van der Waals surface area contributed by atoms with Crippen LogP contribution in [-0.4, -0.2) is 33.4 Å². The zero-order valence-electron chi connectivity index (χ0n) is 5.63. The molecule has 0 aliphatic heterocycles. The minimum atomic E-state index is -2.67. The molecular weight excluding hydrogens is 144 g/mol. The number of hydrogen-bond acceptors (Lipinski definition) is 3. The summed E-state index contributed by atoms with van der Waals surface area (Å²) in [4.78, 5) is 0. The molecule has 0 heterocycles. The molecule has 0 aliphatic rings. The van der Waals surface area contributed by atoms with E-state index < -0.39 is 9.84 Å². The minimum Gasteiger partial charge on any atom is -0.229 e. The van der Waals surface area contributed by atoms with Crippen LogP contribution in [0.2, 0.25) is 0 Å². The number of rotatable bonds is 0. The SMILES string of the molecule is CS(C)(=O)=O.CSC. The summed E-state index contributed by atoms with van der Waals surface area (Å²) >= 11 is 1.75. The van der Waals surface area contributed by atoms with Crippen molar-refractivity contribution in [2.24, 2.45) is 0 Å². The van der Waals surface area contributed by atoms with Crippen LogP contribution < -0.4 is 0 Å². The fourth-order valence-electron chi connectivity index (χ4n) is 0. The first-order chi connectivity index (χ1) is 3.41. The van der Waals surface area contributed by atoms with Crippen LogP contribution in [0.3, 0.4) is 0 Å². The highest BCUT2D eigenvalue weighted by Gasteiger charge is 1.79. The fourth-order valence-corrected chi connectivity index (χ4v) is 0. The van der Waals surface area contributed by atoms with Crippen molar-refractivity contribution in [2.75, 3.05) is 25.0 Å². The molecule has 0 unspecified atom stereocenters. The molecule has 0 N–H and O–H groups in total. The van der Waals surface area contributed by atoms with Gasteiger partial charge in [0, 0.05) is 12.5 Å². The predicted molar refractivity (Wildman–Crippen MR) is 40.2 cm³/mol. The quantitative estimate of drug-likeness (QED) is 0.516. The third-order valence-corrected chi connectivity index (χ3v) is 0. The minimum absolute atomic E-state index is 1.16. The van der Waals surface area contributed by atoms with Gasteiger partial charge in [-0.1, -0.05) is 0 Å². The lowest BCUT2D eigenvalue weighted by Crippen LogP contribution is -1.86. The zero-order valence-corrected chi connectivity index (χ0v) is 7.27. The third kappa shape index (κ3) is 1970. The van der Waals surface area contributed by atoms with Crippen LogP contribution >= 0.6 is 11.8 Å². The van der Waals surface area contributed by atoms with Gasteiger partial charge in [0.2, 0.25) is 0 Å². The number of thioether (sulfide) groups is 1. The maximum absolute atomic E-state index is 9.63. The largest absolute Gasteiger partial charge is 0.229 e. The van der Waals surface area contributed by atoms with Gasteiger partial charge in [0.05, 0.1) is 0 Å². The first-order valence-corrected chi connectivity index (χ1v) is 5.90. The monoisotopic (exact) mass is 156 g/mol. The van der Waals surface area contributed by atoms with Crippen LogP contribution in [-0.2, 0) is 9.84 Å². The summed E-state index contributed by atoms with van der Waals surface area (Å²) in [6.45, 7) is 0. The molecule has 0 fully saturated rings. The molecule has 0 bridgehead atoms. The second-order valence-corrected chi connectivity index (χ2v) is 4.65. The Kier molecular flexibility index (Phi) is 7.57. The first kappa shape index (κ1) is 11.1. The Balaban J connectivity index is 0. The van der Waals surface area contributed by atoms with E-state index >= 15 is 0 Å². The maximum Gasteiger partial charge on any atom is 0.144 e. The summed E-state index contributed by atoms with van der Waals surface area (Å²) in [5.41, 5.74) is 0. The van der Waals surface area contributed by atoms with Crippen molar-refractivity contribution in [3.8, 4) is 0 Å². The summed E-state index contributed by atoms with van der Waals surface area (Å²) in [5.74, 6) is 0. The molecule has 0 atom stereocenters. The van der Waals surface area contributed by atoms with Crippen molar-refractivity contribution < 1.29 is 8.42 Å². The maximum atomic E-state index is 9.63. The number of hydrogen-bond donors (Lipinski definition) is 0. The van der Waals surface area contributed by atoms with Gasteiger partial charge in [0.25, 0.3) is 0 Å². The molecule has 0 aromatic rings. The van der Waals surface area contributed by atoms with Gasteiger partial charge in [-0.15, -0.1) is 0 Å². The van der Waals surface area contributed by atoms with Gasteiger partial charge < -0.3 is 0 Å². The Labute approximate surface area is 55.6 Å². The molecule has 0 amide bonds. The van der Waals surface area contributed by atoms with E-state index in [0.29, 0.717) is 0 Å². The highest BCUT2D eigenvalue weighted by Crippen LogP contribution is 1.70. The van der Waals surface area contributed by atoms with Crippen LogP contribution in [0, 0.1) is 0 Å².